The first-order chi connectivity index (χ1) is 10.6. The standard InChI is InChI=1S/C17H29NO3S/c1-4-21-18-9-7-6-8-15-16(19)11-14(12-17(15)20)10-13(3)22-5-2/h9,13-14,19H,4-8,10-12H2,1-3H3. The van der Waals surface area contributed by atoms with E-state index in [2.05, 4.69) is 19.0 Å². The minimum Gasteiger partial charge on any atom is -0.512 e. The second kappa shape index (κ2) is 10.7. The van der Waals surface area contributed by atoms with Gasteiger partial charge < -0.3 is 9.94 Å². The number of ketones is 1. The largest absolute Gasteiger partial charge is 0.512 e. The zero-order valence-electron chi connectivity index (χ0n) is 14.0. The van der Waals surface area contributed by atoms with Crippen molar-refractivity contribution in [2.24, 2.45) is 11.1 Å². The molecule has 0 fully saturated rings. The Labute approximate surface area is 138 Å². The Bertz CT molecular complexity index is 407. The van der Waals surface area contributed by atoms with Gasteiger partial charge in [-0.3, -0.25) is 4.79 Å². The minimum atomic E-state index is 0.129. The maximum Gasteiger partial charge on any atom is 0.162 e. The fourth-order valence-electron chi connectivity index (χ4n) is 2.84. The molecule has 22 heavy (non-hydrogen) atoms. The van der Waals surface area contributed by atoms with Crippen molar-refractivity contribution in [1.29, 1.82) is 0 Å². The SMILES string of the molecule is CCON=CCCCC1=C(O)CC(CC(C)SCC)CC1=O. The Morgan fingerprint density at radius 2 is 2.23 bits per heavy atom. The molecule has 1 aliphatic rings. The Hall–Kier alpha value is -0.970. The third kappa shape index (κ3) is 6.86. The Kier molecular flexibility index (Phi) is 9.28. The minimum absolute atomic E-state index is 0.129. The number of oxime groups is 1. The smallest absolute Gasteiger partial charge is 0.162 e. The van der Waals surface area contributed by atoms with Gasteiger partial charge in [0.25, 0.3) is 0 Å². The number of nitrogens with zero attached hydrogens (tertiary/aromatic N) is 1. The van der Waals surface area contributed by atoms with E-state index in [4.69, 9.17) is 4.84 Å². The van der Waals surface area contributed by atoms with Gasteiger partial charge in [0.1, 0.15) is 6.61 Å². The summed E-state index contributed by atoms with van der Waals surface area (Å²) in [6.07, 6.45) is 6.17. The molecule has 0 bridgehead atoms. The number of aliphatic hydroxyl groups is 1. The van der Waals surface area contributed by atoms with E-state index >= 15 is 0 Å². The lowest BCUT2D eigenvalue weighted by molar-refractivity contribution is -0.117. The molecule has 2 atom stereocenters. The highest BCUT2D eigenvalue weighted by Crippen LogP contribution is 2.33. The van der Waals surface area contributed by atoms with E-state index in [1.54, 1.807) is 6.21 Å². The topological polar surface area (TPSA) is 58.9 Å². The molecule has 0 spiro atoms. The normalized spacial score (nSPS) is 20.7. The summed E-state index contributed by atoms with van der Waals surface area (Å²) in [5.74, 6) is 1.84. The quantitative estimate of drug-likeness (QED) is 0.364. The molecule has 0 aromatic carbocycles. The highest BCUT2D eigenvalue weighted by atomic mass is 32.2. The number of Topliss-reactive ketones (excluding diaryl/α,β-unsaturated/α-hetero) is 1. The zero-order chi connectivity index (χ0) is 16.4. The molecule has 0 aliphatic heterocycles. The summed E-state index contributed by atoms with van der Waals surface area (Å²) in [6, 6.07) is 0. The van der Waals surface area contributed by atoms with Crippen molar-refractivity contribution >= 4 is 23.8 Å². The van der Waals surface area contributed by atoms with Gasteiger partial charge in [0.2, 0.25) is 0 Å². The van der Waals surface area contributed by atoms with E-state index in [9.17, 15) is 9.90 Å². The van der Waals surface area contributed by atoms with Crippen LogP contribution in [0.15, 0.2) is 16.5 Å². The lowest BCUT2D eigenvalue weighted by Gasteiger charge is -2.25. The molecule has 1 N–H and O–H groups in total. The first kappa shape index (κ1) is 19.1. The molecule has 126 valence electrons. The van der Waals surface area contributed by atoms with Crippen molar-refractivity contribution in [3.63, 3.8) is 0 Å². The Balaban J connectivity index is 2.43. The molecular formula is C17H29NO3S. The number of rotatable bonds is 10. The van der Waals surface area contributed by atoms with Crippen molar-refractivity contribution in [2.45, 2.75) is 64.5 Å². The molecule has 0 aromatic rings. The zero-order valence-corrected chi connectivity index (χ0v) is 14.8. The third-order valence-electron chi connectivity index (χ3n) is 3.80. The lowest BCUT2D eigenvalue weighted by atomic mass is 9.83. The van der Waals surface area contributed by atoms with Crippen LogP contribution in [0.25, 0.3) is 0 Å². The summed E-state index contributed by atoms with van der Waals surface area (Å²) in [6.45, 7) is 6.80. The van der Waals surface area contributed by atoms with Crippen molar-refractivity contribution in [2.75, 3.05) is 12.4 Å². The van der Waals surface area contributed by atoms with Gasteiger partial charge in [0.05, 0.1) is 5.76 Å². The van der Waals surface area contributed by atoms with E-state index in [0.717, 1.165) is 25.0 Å². The number of carbonyl (C=O) groups is 1. The number of carbonyl (C=O) groups excluding carboxylic acids is 1. The van der Waals surface area contributed by atoms with Gasteiger partial charge in [-0.05, 0) is 44.3 Å². The number of aliphatic hydroxyl groups excluding tert-OH is 1. The number of thioether (sulfide) groups is 1. The Morgan fingerprint density at radius 3 is 2.86 bits per heavy atom. The molecular weight excluding hydrogens is 298 g/mol. The molecule has 0 heterocycles. The summed E-state index contributed by atoms with van der Waals surface area (Å²) in [4.78, 5) is 17.1. The van der Waals surface area contributed by atoms with Crippen molar-refractivity contribution in [3.8, 4) is 0 Å². The maximum absolute atomic E-state index is 12.2. The summed E-state index contributed by atoms with van der Waals surface area (Å²) in [5, 5.41) is 14.5. The monoisotopic (exact) mass is 327 g/mol. The van der Waals surface area contributed by atoms with Crippen molar-refractivity contribution in [1.82, 2.24) is 0 Å². The molecule has 0 saturated heterocycles. The van der Waals surface area contributed by atoms with Crippen LogP contribution in [0.5, 0.6) is 0 Å². The first-order valence-corrected chi connectivity index (χ1v) is 9.32. The molecule has 1 rings (SSSR count). The van der Waals surface area contributed by atoms with Gasteiger partial charge in [-0.15, -0.1) is 0 Å². The van der Waals surface area contributed by atoms with Crippen LogP contribution < -0.4 is 0 Å². The highest BCUT2D eigenvalue weighted by Gasteiger charge is 2.28. The number of allylic oxidation sites excluding steroid dienone is 2. The van der Waals surface area contributed by atoms with Crippen molar-refractivity contribution in [3.05, 3.63) is 11.3 Å². The molecule has 1 aliphatic carbocycles. The number of hydrogen-bond acceptors (Lipinski definition) is 5. The number of unbranched alkanes of at least 4 members (excludes halogenated alkanes) is 1. The average Bonchev–Trinajstić information content (AvgIpc) is 2.45. The van der Waals surface area contributed by atoms with Crippen LogP contribution in [0, 0.1) is 5.92 Å². The molecule has 0 radical (unpaired) electrons. The van der Waals surface area contributed by atoms with Gasteiger partial charge in [-0.1, -0.05) is 19.0 Å². The van der Waals surface area contributed by atoms with Crippen LogP contribution >= 0.6 is 11.8 Å². The highest BCUT2D eigenvalue weighted by molar-refractivity contribution is 7.99. The molecule has 0 aromatic heterocycles. The average molecular weight is 327 g/mol. The van der Waals surface area contributed by atoms with E-state index in [1.165, 1.54) is 0 Å². The van der Waals surface area contributed by atoms with Crippen LogP contribution in [0.3, 0.4) is 0 Å². The second-order valence-electron chi connectivity index (χ2n) is 5.72. The second-order valence-corrected chi connectivity index (χ2v) is 7.44. The summed E-state index contributed by atoms with van der Waals surface area (Å²) in [7, 11) is 0. The molecule has 4 nitrogen and oxygen atoms in total. The summed E-state index contributed by atoms with van der Waals surface area (Å²) in [5.41, 5.74) is 0.636. The molecule has 0 amide bonds. The fraction of sp³-hybridized carbons (Fsp3) is 0.765. The van der Waals surface area contributed by atoms with Gasteiger partial charge >= 0.3 is 0 Å². The predicted octanol–water partition coefficient (Wildman–Crippen LogP) is 4.50. The van der Waals surface area contributed by atoms with Gasteiger partial charge in [0, 0.05) is 29.9 Å². The summed E-state index contributed by atoms with van der Waals surface area (Å²) < 4.78 is 0. The van der Waals surface area contributed by atoms with Crippen LogP contribution in [0.4, 0.5) is 0 Å². The van der Waals surface area contributed by atoms with E-state index in [1.807, 2.05) is 18.7 Å². The maximum atomic E-state index is 12.2. The van der Waals surface area contributed by atoms with Crippen LogP contribution in [0.2, 0.25) is 0 Å². The van der Waals surface area contributed by atoms with E-state index < -0.39 is 0 Å². The lowest BCUT2D eigenvalue weighted by Crippen LogP contribution is -2.22. The van der Waals surface area contributed by atoms with Gasteiger partial charge in [-0.2, -0.15) is 11.8 Å². The van der Waals surface area contributed by atoms with E-state index in [-0.39, 0.29) is 5.78 Å². The van der Waals surface area contributed by atoms with Crippen LogP contribution in [-0.2, 0) is 9.63 Å². The Morgan fingerprint density at radius 1 is 1.45 bits per heavy atom. The van der Waals surface area contributed by atoms with Gasteiger partial charge in [-0.25, -0.2) is 0 Å². The third-order valence-corrected chi connectivity index (χ3v) is 4.89. The van der Waals surface area contributed by atoms with Crippen LogP contribution in [-0.4, -0.2) is 34.7 Å². The van der Waals surface area contributed by atoms with Gasteiger partial charge in [0.15, 0.2) is 5.78 Å². The predicted molar refractivity (Wildman–Crippen MR) is 93.6 cm³/mol. The molecule has 0 saturated carbocycles. The molecule has 2 unspecified atom stereocenters. The van der Waals surface area contributed by atoms with Crippen LogP contribution in [0.1, 0.15) is 59.3 Å². The first-order valence-electron chi connectivity index (χ1n) is 8.28. The summed E-state index contributed by atoms with van der Waals surface area (Å²) >= 11 is 1.92. The fourth-order valence-corrected chi connectivity index (χ4v) is 3.81. The number of hydrogen-bond donors (Lipinski definition) is 1. The molecule has 5 heteroatoms. The van der Waals surface area contributed by atoms with E-state index in [0.29, 0.717) is 48.4 Å². The van der Waals surface area contributed by atoms with Crippen molar-refractivity contribution < 1.29 is 14.7 Å².